The Hall–Kier alpha value is -0.930. The van der Waals surface area contributed by atoms with Crippen LogP contribution in [0, 0.1) is 12.3 Å². The van der Waals surface area contributed by atoms with E-state index in [0.29, 0.717) is 5.41 Å². The summed E-state index contributed by atoms with van der Waals surface area (Å²) in [6.45, 7) is 8.80. The molecular formula is C13H23N3. The molecule has 0 aliphatic carbocycles. The van der Waals surface area contributed by atoms with Crippen LogP contribution in [0.4, 0.5) is 0 Å². The lowest BCUT2D eigenvalue weighted by atomic mass is 9.87. The summed E-state index contributed by atoms with van der Waals surface area (Å²) >= 11 is 0. The number of nitrogens with one attached hydrogen (secondary N) is 1. The highest BCUT2D eigenvalue weighted by Crippen LogP contribution is 2.27. The molecule has 3 N–H and O–H groups in total. The van der Waals surface area contributed by atoms with Crippen LogP contribution in [-0.4, -0.2) is 4.98 Å². The first kappa shape index (κ1) is 13.1. The summed E-state index contributed by atoms with van der Waals surface area (Å²) in [5.74, 6) is 5.61. The molecule has 0 saturated carbocycles. The van der Waals surface area contributed by atoms with Crippen molar-refractivity contribution < 1.29 is 0 Å². The highest BCUT2D eigenvalue weighted by atomic mass is 15.2. The Balaban J connectivity index is 2.72. The van der Waals surface area contributed by atoms with Crippen molar-refractivity contribution in [3.05, 3.63) is 29.6 Å². The Morgan fingerprint density at radius 3 is 2.62 bits per heavy atom. The van der Waals surface area contributed by atoms with Crippen molar-refractivity contribution in [3.63, 3.8) is 0 Å². The molecule has 1 heterocycles. The zero-order chi connectivity index (χ0) is 12.2. The van der Waals surface area contributed by atoms with Crippen molar-refractivity contribution in [2.24, 2.45) is 11.3 Å². The quantitative estimate of drug-likeness (QED) is 0.607. The van der Waals surface area contributed by atoms with E-state index in [-0.39, 0.29) is 6.04 Å². The molecule has 1 unspecified atom stereocenters. The van der Waals surface area contributed by atoms with Crippen molar-refractivity contribution >= 4 is 0 Å². The summed E-state index contributed by atoms with van der Waals surface area (Å²) in [6, 6.07) is 4.18. The third-order valence-electron chi connectivity index (χ3n) is 2.76. The average Bonchev–Trinajstić information content (AvgIpc) is 2.20. The van der Waals surface area contributed by atoms with Gasteiger partial charge in [0.05, 0.1) is 11.7 Å². The van der Waals surface area contributed by atoms with Crippen LogP contribution in [-0.2, 0) is 0 Å². The lowest BCUT2D eigenvalue weighted by Crippen LogP contribution is -2.30. The standard InChI is InChI=1S/C13H23N3/c1-10-6-5-9-15-12(10)11(16-14)7-8-13(2,3)4/h5-6,9,11,16H,7-8,14H2,1-4H3. The van der Waals surface area contributed by atoms with Gasteiger partial charge in [0.15, 0.2) is 0 Å². The van der Waals surface area contributed by atoms with E-state index in [1.807, 2.05) is 12.3 Å². The van der Waals surface area contributed by atoms with Crippen LogP contribution in [0.25, 0.3) is 0 Å². The number of nitrogens with zero attached hydrogens (tertiary/aromatic N) is 1. The molecule has 16 heavy (non-hydrogen) atoms. The van der Waals surface area contributed by atoms with Gasteiger partial charge in [-0.15, -0.1) is 0 Å². The fraction of sp³-hybridized carbons (Fsp3) is 0.615. The van der Waals surface area contributed by atoms with E-state index in [0.717, 1.165) is 18.5 Å². The molecule has 0 radical (unpaired) electrons. The van der Waals surface area contributed by atoms with Gasteiger partial charge in [0.25, 0.3) is 0 Å². The molecule has 0 bridgehead atoms. The number of pyridine rings is 1. The maximum Gasteiger partial charge on any atom is 0.0635 e. The Kier molecular flexibility index (Phi) is 4.44. The molecule has 0 aliphatic heterocycles. The minimum Gasteiger partial charge on any atom is -0.271 e. The van der Waals surface area contributed by atoms with E-state index < -0.39 is 0 Å². The molecule has 0 amide bonds. The fourth-order valence-corrected chi connectivity index (χ4v) is 1.74. The van der Waals surface area contributed by atoms with Gasteiger partial charge in [-0.1, -0.05) is 26.8 Å². The number of hydrogen-bond donors (Lipinski definition) is 2. The Labute approximate surface area is 98.4 Å². The number of nitrogens with two attached hydrogens (primary N) is 1. The second kappa shape index (κ2) is 5.41. The van der Waals surface area contributed by atoms with Crippen molar-refractivity contribution in [1.82, 2.24) is 10.4 Å². The second-order valence-electron chi connectivity index (χ2n) is 5.52. The van der Waals surface area contributed by atoms with Gasteiger partial charge in [0.2, 0.25) is 0 Å². The molecule has 0 saturated heterocycles. The molecule has 3 nitrogen and oxygen atoms in total. The number of rotatable bonds is 4. The Morgan fingerprint density at radius 1 is 1.44 bits per heavy atom. The summed E-state index contributed by atoms with van der Waals surface area (Å²) in [6.07, 6.45) is 3.96. The molecule has 1 atom stereocenters. The molecule has 1 aromatic heterocycles. The van der Waals surface area contributed by atoms with E-state index >= 15 is 0 Å². The van der Waals surface area contributed by atoms with Crippen LogP contribution in [0.15, 0.2) is 18.3 Å². The first-order chi connectivity index (χ1) is 7.44. The van der Waals surface area contributed by atoms with E-state index in [4.69, 9.17) is 5.84 Å². The molecule has 0 aliphatic rings. The first-order valence-corrected chi connectivity index (χ1v) is 5.81. The van der Waals surface area contributed by atoms with Crippen LogP contribution in [0.5, 0.6) is 0 Å². The van der Waals surface area contributed by atoms with Gasteiger partial charge in [-0.2, -0.15) is 0 Å². The number of aromatic nitrogens is 1. The summed E-state index contributed by atoms with van der Waals surface area (Å²) in [5, 5.41) is 0. The van der Waals surface area contributed by atoms with E-state index in [2.05, 4.69) is 44.2 Å². The van der Waals surface area contributed by atoms with Gasteiger partial charge in [-0.05, 0) is 36.8 Å². The first-order valence-electron chi connectivity index (χ1n) is 5.81. The molecule has 1 rings (SSSR count). The molecule has 1 aromatic rings. The van der Waals surface area contributed by atoms with Gasteiger partial charge in [-0.25, -0.2) is 0 Å². The van der Waals surface area contributed by atoms with Gasteiger partial charge in [0, 0.05) is 6.20 Å². The summed E-state index contributed by atoms with van der Waals surface area (Å²) in [7, 11) is 0. The smallest absolute Gasteiger partial charge is 0.0635 e. The Bertz CT molecular complexity index is 328. The van der Waals surface area contributed by atoms with Crippen molar-refractivity contribution in [2.45, 2.75) is 46.6 Å². The summed E-state index contributed by atoms with van der Waals surface area (Å²) < 4.78 is 0. The maximum absolute atomic E-state index is 5.61. The lowest BCUT2D eigenvalue weighted by molar-refractivity contribution is 0.331. The molecule has 0 fully saturated rings. The Morgan fingerprint density at radius 2 is 2.12 bits per heavy atom. The molecule has 90 valence electrons. The van der Waals surface area contributed by atoms with Gasteiger partial charge < -0.3 is 0 Å². The van der Waals surface area contributed by atoms with E-state index in [9.17, 15) is 0 Å². The fourth-order valence-electron chi connectivity index (χ4n) is 1.74. The number of hydrazine groups is 1. The predicted molar refractivity (Wildman–Crippen MR) is 67.7 cm³/mol. The zero-order valence-corrected chi connectivity index (χ0v) is 10.7. The van der Waals surface area contributed by atoms with Crippen LogP contribution < -0.4 is 11.3 Å². The van der Waals surface area contributed by atoms with Crippen molar-refractivity contribution in [3.8, 4) is 0 Å². The predicted octanol–water partition coefficient (Wildman–Crippen LogP) is 2.72. The van der Waals surface area contributed by atoms with Crippen LogP contribution in [0.1, 0.15) is 50.9 Å². The number of aryl methyl sites for hydroxylation is 1. The highest BCUT2D eigenvalue weighted by molar-refractivity contribution is 5.20. The monoisotopic (exact) mass is 221 g/mol. The third-order valence-corrected chi connectivity index (χ3v) is 2.76. The second-order valence-corrected chi connectivity index (χ2v) is 5.52. The summed E-state index contributed by atoms with van der Waals surface area (Å²) in [5.41, 5.74) is 5.46. The van der Waals surface area contributed by atoms with Gasteiger partial charge in [-0.3, -0.25) is 16.3 Å². The van der Waals surface area contributed by atoms with Gasteiger partial charge >= 0.3 is 0 Å². The van der Waals surface area contributed by atoms with Crippen LogP contribution in [0.3, 0.4) is 0 Å². The SMILES string of the molecule is Cc1cccnc1C(CCC(C)(C)C)NN. The number of hydrogen-bond acceptors (Lipinski definition) is 3. The average molecular weight is 221 g/mol. The van der Waals surface area contributed by atoms with E-state index in [1.165, 1.54) is 5.56 Å². The topological polar surface area (TPSA) is 50.9 Å². The molecule has 3 heteroatoms. The molecule has 0 spiro atoms. The van der Waals surface area contributed by atoms with E-state index in [1.54, 1.807) is 0 Å². The molecular weight excluding hydrogens is 198 g/mol. The summed E-state index contributed by atoms with van der Waals surface area (Å²) in [4.78, 5) is 4.41. The van der Waals surface area contributed by atoms with Gasteiger partial charge in [0.1, 0.15) is 0 Å². The highest BCUT2D eigenvalue weighted by Gasteiger charge is 2.17. The largest absolute Gasteiger partial charge is 0.271 e. The minimum atomic E-state index is 0.153. The minimum absolute atomic E-state index is 0.153. The maximum atomic E-state index is 5.61. The van der Waals surface area contributed by atoms with Crippen molar-refractivity contribution in [1.29, 1.82) is 0 Å². The van der Waals surface area contributed by atoms with Crippen LogP contribution in [0.2, 0.25) is 0 Å². The zero-order valence-electron chi connectivity index (χ0n) is 10.7. The van der Waals surface area contributed by atoms with Crippen molar-refractivity contribution in [2.75, 3.05) is 0 Å². The molecule has 0 aromatic carbocycles. The van der Waals surface area contributed by atoms with Crippen LogP contribution >= 0.6 is 0 Å². The lowest BCUT2D eigenvalue weighted by Gasteiger charge is -2.23. The normalized spacial score (nSPS) is 13.8. The third kappa shape index (κ3) is 3.91.